The van der Waals surface area contributed by atoms with Gasteiger partial charge in [0.1, 0.15) is 17.1 Å². The fourth-order valence-corrected chi connectivity index (χ4v) is 2.47. The van der Waals surface area contributed by atoms with Gasteiger partial charge in [0, 0.05) is 12.0 Å². The van der Waals surface area contributed by atoms with Gasteiger partial charge in [-0.05, 0) is 31.4 Å². The van der Waals surface area contributed by atoms with Gasteiger partial charge in [0.25, 0.3) is 5.91 Å². The van der Waals surface area contributed by atoms with Crippen molar-refractivity contribution in [3.05, 3.63) is 57.7 Å². The van der Waals surface area contributed by atoms with Crippen LogP contribution in [0, 0.1) is 12.7 Å². The Bertz CT molecular complexity index is 781. The Morgan fingerprint density at radius 2 is 2.14 bits per heavy atom. The molecule has 0 unspecified atom stereocenters. The number of hydrogen-bond acceptors (Lipinski definition) is 4. The Morgan fingerprint density at radius 3 is 2.73 bits per heavy atom. The van der Waals surface area contributed by atoms with E-state index in [2.05, 4.69) is 10.3 Å². The number of nitrogens with zero attached hydrogens (tertiary/aromatic N) is 1. The molecule has 0 aliphatic heterocycles. The van der Waals surface area contributed by atoms with E-state index in [-0.39, 0.29) is 17.2 Å². The maximum atomic E-state index is 13.1. The SMILES string of the molecule is Cc1cc(C2CCC2)oc(=O)c1C(=O)Nc1cncc(F)c1. The minimum atomic E-state index is -0.663. The van der Waals surface area contributed by atoms with Gasteiger partial charge in [0.2, 0.25) is 0 Å². The lowest BCUT2D eigenvalue weighted by molar-refractivity contribution is 0.102. The number of pyridine rings is 1. The molecular formula is C16H15FN2O3. The van der Waals surface area contributed by atoms with Crippen molar-refractivity contribution in [1.82, 2.24) is 4.98 Å². The van der Waals surface area contributed by atoms with Crippen molar-refractivity contribution in [2.45, 2.75) is 32.1 Å². The third kappa shape index (κ3) is 2.77. The standard InChI is InChI=1S/C16H15FN2O3/c1-9-5-13(10-3-2-4-10)22-16(21)14(9)15(20)19-12-6-11(17)7-18-8-12/h5-8,10H,2-4H2,1H3,(H,19,20). The van der Waals surface area contributed by atoms with Crippen molar-refractivity contribution >= 4 is 11.6 Å². The maximum absolute atomic E-state index is 13.1. The van der Waals surface area contributed by atoms with Crippen LogP contribution in [0.15, 0.2) is 33.7 Å². The van der Waals surface area contributed by atoms with Crippen molar-refractivity contribution in [3.8, 4) is 0 Å². The molecule has 1 N–H and O–H groups in total. The third-order valence-electron chi connectivity index (χ3n) is 3.87. The summed E-state index contributed by atoms with van der Waals surface area (Å²) in [5.74, 6) is -0.283. The van der Waals surface area contributed by atoms with Gasteiger partial charge in [-0.1, -0.05) is 6.42 Å². The number of rotatable bonds is 3. The maximum Gasteiger partial charge on any atom is 0.349 e. The second-order valence-corrected chi connectivity index (χ2v) is 5.47. The van der Waals surface area contributed by atoms with E-state index in [4.69, 9.17) is 4.42 Å². The molecule has 0 bridgehead atoms. The van der Waals surface area contributed by atoms with Gasteiger partial charge in [-0.25, -0.2) is 9.18 Å². The average molecular weight is 302 g/mol. The minimum absolute atomic E-state index is 0.0627. The van der Waals surface area contributed by atoms with Crippen molar-refractivity contribution in [2.24, 2.45) is 0 Å². The Labute approximate surface area is 126 Å². The number of anilines is 1. The van der Waals surface area contributed by atoms with E-state index in [0.717, 1.165) is 31.5 Å². The minimum Gasteiger partial charge on any atom is -0.427 e. The number of carbonyl (C=O) groups is 1. The molecule has 6 heteroatoms. The Morgan fingerprint density at radius 1 is 1.36 bits per heavy atom. The third-order valence-corrected chi connectivity index (χ3v) is 3.87. The first-order valence-corrected chi connectivity index (χ1v) is 7.11. The highest BCUT2D eigenvalue weighted by molar-refractivity contribution is 6.04. The van der Waals surface area contributed by atoms with Crippen molar-refractivity contribution in [2.75, 3.05) is 5.32 Å². The summed E-state index contributed by atoms with van der Waals surface area (Å²) in [6, 6.07) is 2.87. The molecule has 3 rings (SSSR count). The molecule has 0 radical (unpaired) electrons. The average Bonchev–Trinajstić information content (AvgIpc) is 2.35. The topological polar surface area (TPSA) is 72.2 Å². The summed E-state index contributed by atoms with van der Waals surface area (Å²) in [5.41, 5.74) is 0.0166. The van der Waals surface area contributed by atoms with E-state index in [0.29, 0.717) is 11.3 Å². The van der Waals surface area contributed by atoms with Crippen LogP contribution in [0.3, 0.4) is 0 Å². The van der Waals surface area contributed by atoms with Crippen LogP contribution in [-0.4, -0.2) is 10.9 Å². The van der Waals surface area contributed by atoms with Gasteiger partial charge in [0.15, 0.2) is 0 Å². The second-order valence-electron chi connectivity index (χ2n) is 5.47. The van der Waals surface area contributed by atoms with Crippen LogP contribution in [0.2, 0.25) is 0 Å². The normalized spacial score (nSPS) is 14.5. The molecular weight excluding hydrogens is 287 g/mol. The Balaban J connectivity index is 1.87. The zero-order chi connectivity index (χ0) is 15.7. The van der Waals surface area contributed by atoms with E-state index >= 15 is 0 Å². The van der Waals surface area contributed by atoms with Gasteiger partial charge in [-0.2, -0.15) is 0 Å². The van der Waals surface area contributed by atoms with Crippen LogP contribution in [0.25, 0.3) is 0 Å². The quantitative estimate of drug-likeness (QED) is 0.946. The summed E-state index contributed by atoms with van der Waals surface area (Å²) in [6.07, 6.45) is 5.47. The number of halogens is 1. The van der Waals surface area contributed by atoms with Gasteiger partial charge >= 0.3 is 5.63 Å². The van der Waals surface area contributed by atoms with E-state index in [1.165, 1.54) is 6.20 Å². The molecule has 2 aromatic rings. The smallest absolute Gasteiger partial charge is 0.349 e. The fourth-order valence-electron chi connectivity index (χ4n) is 2.47. The predicted molar refractivity (Wildman–Crippen MR) is 78.5 cm³/mol. The second kappa shape index (κ2) is 5.71. The number of amides is 1. The molecule has 1 aliphatic rings. The molecule has 0 aromatic carbocycles. The van der Waals surface area contributed by atoms with Gasteiger partial charge in [0.05, 0.1) is 18.1 Å². The van der Waals surface area contributed by atoms with Crippen LogP contribution >= 0.6 is 0 Å². The Kier molecular flexibility index (Phi) is 3.75. The van der Waals surface area contributed by atoms with E-state index < -0.39 is 17.3 Å². The molecule has 2 heterocycles. The molecule has 1 aliphatic carbocycles. The first-order chi connectivity index (χ1) is 10.5. The molecule has 1 fully saturated rings. The van der Waals surface area contributed by atoms with Crippen molar-refractivity contribution < 1.29 is 13.6 Å². The lowest BCUT2D eigenvalue weighted by atomic mass is 9.83. The summed E-state index contributed by atoms with van der Waals surface area (Å²) in [6.45, 7) is 1.69. The largest absolute Gasteiger partial charge is 0.427 e. The number of nitrogens with one attached hydrogen (secondary N) is 1. The van der Waals surface area contributed by atoms with Crippen LogP contribution in [0.1, 0.15) is 46.9 Å². The van der Waals surface area contributed by atoms with Crippen LogP contribution in [0.5, 0.6) is 0 Å². The van der Waals surface area contributed by atoms with Gasteiger partial charge < -0.3 is 9.73 Å². The highest BCUT2D eigenvalue weighted by Gasteiger charge is 2.25. The Hall–Kier alpha value is -2.50. The van der Waals surface area contributed by atoms with E-state index in [1.54, 1.807) is 13.0 Å². The van der Waals surface area contributed by atoms with Crippen molar-refractivity contribution in [1.29, 1.82) is 0 Å². The molecule has 1 saturated carbocycles. The van der Waals surface area contributed by atoms with Crippen molar-refractivity contribution in [3.63, 3.8) is 0 Å². The fraction of sp³-hybridized carbons (Fsp3) is 0.312. The summed E-state index contributed by atoms with van der Waals surface area (Å²) in [5, 5.41) is 2.46. The first kappa shape index (κ1) is 14.4. The summed E-state index contributed by atoms with van der Waals surface area (Å²) < 4.78 is 18.3. The number of aryl methyl sites for hydroxylation is 1. The predicted octanol–water partition coefficient (Wildman–Crippen LogP) is 3.00. The molecule has 0 saturated heterocycles. The molecule has 1 amide bonds. The number of carbonyl (C=O) groups excluding carboxylic acids is 1. The first-order valence-electron chi connectivity index (χ1n) is 7.11. The molecule has 2 aromatic heterocycles. The summed E-state index contributed by atoms with van der Waals surface area (Å²) in [7, 11) is 0. The van der Waals surface area contributed by atoms with E-state index in [1.807, 2.05) is 0 Å². The van der Waals surface area contributed by atoms with Crippen LogP contribution in [-0.2, 0) is 0 Å². The lowest BCUT2D eigenvalue weighted by Crippen LogP contribution is -2.24. The van der Waals surface area contributed by atoms with Gasteiger partial charge in [-0.15, -0.1) is 0 Å². The molecule has 0 spiro atoms. The number of hydrogen-bond donors (Lipinski definition) is 1. The summed E-state index contributed by atoms with van der Waals surface area (Å²) in [4.78, 5) is 27.9. The number of aromatic nitrogens is 1. The highest BCUT2D eigenvalue weighted by Crippen LogP contribution is 2.36. The molecule has 114 valence electrons. The highest BCUT2D eigenvalue weighted by atomic mass is 19.1. The molecule has 5 nitrogen and oxygen atoms in total. The zero-order valence-electron chi connectivity index (χ0n) is 12.1. The lowest BCUT2D eigenvalue weighted by Gasteiger charge is -2.24. The molecule has 22 heavy (non-hydrogen) atoms. The van der Waals surface area contributed by atoms with Gasteiger partial charge in [-0.3, -0.25) is 9.78 Å². The van der Waals surface area contributed by atoms with Crippen LogP contribution < -0.4 is 10.9 Å². The monoisotopic (exact) mass is 302 g/mol. The summed E-state index contributed by atoms with van der Waals surface area (Å²) >= 11 is 0. The van der Waals surface area contributed by atoms with E-state index in [9.17, 15) is 14.0 Å². The van der Waals surface area contributed by atoms with Crippen LogP contribution in [0.4, 0.5) is 10.1 Å². The zero-order valence-corrected chi connectivity index (χ0v) is 12.1. The molecule has 0 atom stereocenters.